The van der Waals surface area contributed by atoms with Crippen LogP contribution in [0, 0.1) is 6.92 Å². The van der Waals surface area contributed by atoms with Gasteiger partial charge in [0.05, 0.1) is 11.3 Å². The summed E-state index contributed by atoms with van der Waals surface area (Å²) in [4.78, 5) is 40.3. The van der Waals surface area contributed by atoms with Crippen molar-refractivity contribution in [2.45, 2.75) is 44.7 Å². The Balaban J connectivity index is 1.58. The quantitative estimate of drug-likeness (QED) is 0.270. The molecule has 1 unspecified atom stereocenters. The van der Waals surface area contributed by atoms with Gasteiger partial charge in [-0.15, -0.1) is 4.40 Å². The van der Waals surface area contributed by atoms with Crippen LogP contribution in [0.25, 0.3) is 0 Å². The van der Waals surface area contributed by atoms with Crippen LogP contribution in [-0.4, -0.2) is 53.6 Å². The van der Waals surface area contributed by atoms with E-state index in [0.29, 0.717) is 11.4 Å². The monoisotopic (exact) mass is 599 g/mol. The molecule has 13 nitrogen and oxygen atoms in total. The minimum atomic E-state index is -4.13. The van der Waals surface area contributed by atoms with Crippen LogP contribution >= 0.6 is 12.2 Å². The van der Waals surface area contributed by atoms with Gasteiger partial charge in [0.25, 0.3) is 27.2 Å². The van der Waals surface area contributed by atoms with Crippen LogP contribution in [0.2, 0.25) is 0 Å². The lowest BCUT2D eigenvalue weighted by molar-refractivity contribution is -0.752. The van der Waals surface area contributed by atoms with E-state index in [2.05, 4.69) is 20.3 Å². The molecule has 0 spiro atoms. The minimum Gasteiger partial charge on any atom is -0.486 e. The third-order valence-corrected chi connectivity index (χ3v) is 8.05. The highest BCUT2D eigenvalue weighted by atomic mass is 32.2. The summed E-state index contributed by atoms with van der Waals surface area (Å²) < 4.78 is 36.3. The number of thiocarbonyl (C=S) groups is 1. The van der Waals surface area contributed by atoms with Gasteiger partial charge in [-0.2, -0.15) is 8.42 Å². The molecule has 1 saturated heterocycles. The third-order valence-electron chi connectivity index (χ3n) is 6.32. The standard InChI is InChI=1S/C26H29N7O6S2/c1-5-32-25(36)21(14-23(35)28-19-10-8-18(9-11-19)27-17(3)34)33(26(32)40)15-22-24(39-30-31(22)4)29-41(37,38)20-12-6-16(2)7-13-20/h6-13,21H,5,14-15H2,1-4H3,(H,27,34)(H,28,35)/b29-24-. The van der Waals surface area contributed by atoms with Crippen molar-refractivity contribution in [3.63, 3.8) is 0 Å². The molecule has 1 fully saturated rings. The van der Waals surface area contributed by atoms with Gasteiger partial charge >= 0.3 is 0 Å². The number of carbonyl (C=O) groups excluding carboxylic acids is 3. The lowest BCUT2D eigenvalue weighted by Crippen LogP contribution is -2.45. The first-order valence-corrected chi connectivity index (χ1v) is 14.4. The molecule has 2 heterocycles. The lowest BCUT2D eigenvalue weighted by atomic mass is 10.1. The maximum absolute atomic E-state index is 13.2. The third kappa shape index (κ3) is 6.69. The van der Waals surface area contributed by atoms with Gasteiger partial charge in [-0.3, -0.25) is 24.6 Å². The lowest BCUT2D eigenvalue weighted by Gasteiger charge is -2.22. The van der Waals surface area contributed by atoms with Gasteiger partial charge in [0.1, 0.15) is 19.6 Å². The summed E-state index contributed by atoms with van der Waals surface area (Å²) >= 11 is 5.56. The minimum absolute atomic E-state index is 0.0169. The fourth-order valence-electron chi connectivity index (χ4n) is 4.20. The number of hydrogen-bond acceptors (Lipinski definition) is 7. The fraction of sp³-hybridized carbons (Fsp3) is 0.308. The Kier molecular flexibility index (Phi) is 8.68. The second-order valence-electron chi connectivity index (χ2n) is 9.35. The Labute approximate surface area is 241 Å². The average Bonchev–Trinajstić information content (AvgIpc) is 3.35. The zero-order valence-electron chi connectivity index (χ0n) is 22.8. The van der Waals surface area contributed by atoms with E-state index in [9.17, 15) is 22.8 Å². The maximum atomic E-state index is 13.2. The summed E-state index contributed by atoms with van der Waals surface area (Å²) in [5.41, 5.74) is 1.92. The second kappa shape index (κ2) is 12.0. The number of amides is 3. The normalized spacial score (nSPS) is 15.9. The fourth-order valence-corrected chi connectivity index (χ4v) is 5.56. The molecule has 41 heavy (non-hydrogen) atoms. The molecular formula is C26H29N7O6S2. The van der Waals surface area contributed by atoms with Crippen molar-refractivity contribution in [3.8, 4) is 0 Å². The van der Waals surface area contributed by atoms with E-state index in [1.165, 1.54) is 33.5 Å². The first-order chi connectivity index (χ1) is 19.4. The van der Waals surface area contributed by atoms with E-state index in [1.54, 1.807) is 50.4 Å². The molecule has 3 aromatic rings. The van der Waals surface area contributed by atoms with Gasteiger partial charge in [0, 0.05) is 24.8 Å². The predicted molar refractivity (Wildman–Crippen MR) is 150 cm³/mol. The molecular weight excluding hydrogens is 570 g/mol. The van der Waals surface area contributed by atoms with Crippen molar-refractivity contribution < 1.29 is 32.0 Å². The first-order valence-electron chi connectivity index (χ1n) is 12.6. The highest BCUT2D eigenvalue weighted by molar-refractivity contribution is 7.90. The number of aryl methyl sites for hydroxylation is 2. The van der Waals surface area contributed by atoms with Crippen LogP contribution in [0.4, 0.5) is 11.4 Å². The zero-order chi connectivity index (χ0) is 29.9. The van der Waals surface area contributed by atoms with Crippen molar-refractivity contribution >= 4 is 56.4 Å². The van der Waals surface area contributed by atoms with Crippen LogP contribution in [-0.2, 0) is 38.0 Å². The number of anilines is 2. The second-order valence-corrected chi connectivity index (χ2v) is 11.3. The van der Waals surface area contributed by atoms with Crippen LogP contribution in [0.15, 0.2) is 62.3 Å². The number of likely N-dealkylation sites (N-methyl/N-ethyl adjacent to an activating group) is 1. The van der Waals surface area contributed by atoms with Crippen molar-refractivity contribution in [2.24, 2.45) is 11.4 Å². The van der Waals surface area contributed by atoms with Gasteiger partial charge in [-0.1, -0.05) is 17.7 Å². The SMILES string of the molecule is CCN1C(=O)C(CC(=O)Nc2ccc(NC(C)=O)cc2)N(Cc2/c(=N/S(=O)(=O)c3ccc(C)cc3)o[n-][n+]2C)C1=S. The number of sulfonamides is 1. The van der Waals surface area contributed by atoms with Gasteiger partial charge in [0.2, 0.25) is 11.8 Å². The first kappa shape index (κ1) is 29.6. The molecule has 15 heteroatoms. The molecule has 1 aromatic heterocycles. The van der Waals surface area contributed by atoms with Gasteiger partial charge in [0.15, 0.2) is 5.11 Å². The number of nitrogens with one attached hydrogen (secondary N) is 2. The molecule has 1 atom stereocenters. The highest BCUT2D eigenvalue weighted by Crippen LogP contribution is 2.23. The topological polar surface area (TPSA) is 159 Å². The molecule has 4 rings (SSSR count). The summed E-state index contributed by atoms with van der Waals surface area (Å²) in [5, 5.41) is 9.38. The molecule has 0 radical (unpaired) electrons. The number of benzene rings is 2. The van der Waals surface area contributed by atoms with E-state index in [1.807, 2.05) is 6.92 Å². The maximum Gasteiger partial charge on any atom is 0.289 e. The van der Waals surface area contributed by atoms with Crippen LogP contribution < -0.4 is 26.1 Å². The largest absolute Gasteiger partial charge is 0.486 e. The Morgan fingerprint density at radius 1 is 1.10 bits per heavy atom. The summed E-state index contributed by atoms with van der Waals surface area (Å²) in [6.07, 6.45) is -0.230. The van der Waals surface area contributed by atoms with Gasteiger partial charge < -0.3 is 20.1 Å². The van der Waals surface area contributed by atoms with E-state index in [4.69, 9.17) is 16.7 Å². The Morgan fingerprint density at radius 2 is 1.71 bits per heavy atom. The summed E-state index contributed by atoms with van der Waals surface area (Å²) in [6, 6.07) is 11.8. The zero-order valence-corrected chi connectivity index (χ0v) is 24.5. The predicted octanol–water partition coefficient (Wildman–Crippen LogP) is 0.964. The molecule has 216 valence electrons. The summed E-state index contributed by atoms with van der Waals surface area (Å²) in [6.45, 7) is 5.18. The van der Waals surface area contributed by atoms with Crippen LogP contribution in [0.5, 0.6) is 0 Å². The summed E-state index contributed by atoms with van der Waals surface area (Å²) in [5.74, 6) is -1.02. The Hall–Kier alpha value is -4.37. The molecule has 2 aromatic carbocycles. The van der Waals surface area contributed by atoms with Gasteiger partial charge in [-0.05, 0) is 62.5 Å². The number of carbonyl (C=O) groups is 3. The molecule has 2 N–H and O–H groups in total. The number of nitrogens with zero attached hydrogens (tertiary/aromatic N) is 5. The van der Waals surface area contributed by atoms with Crippen molar-refractivity contribution in [1.29, 1.82) is 0 Å². The molecule has 3 amide bonds. The number of rotatable bonds is 9. The highest BCUT2D eigenvalue weighted by Gasteiger charge is 2.44. The van der Waals surface area contributed by atoms with Crippen molar-refractivity contribution in [2.75, 3.05) is 17.2 Å². The molecule has 1 aliphatic rings. The van der Waals surface area contributed by atoms with Crippen molar-refractivity contribution in [3.05, 3.63) is 65.3 Å². The van der Waals surface area contributed by atoms with E-state index < -0.39 is 22.0 Å². The van der Waals surface area contributed by atoms with E-state index in [-0.39, 0.29) is 52.6 Å². The molecule has 0 bridgehead atoms. The van der Waals surface area contributed by atoms with Crippen LogP contribution in [0.3, 0.4) is 0 Å². The average molecular weight is 600 g/mol. The molecule has 0 aliphatic carbocycles. The van der Waals surface area contributed by atoms with Crippen molar-refractivity contribution in [1.82, 2.24) is 15.1 Å². The van der Waals surface area contributed by atoms with Crippen LogP contribution in [0.1, 0.15) is 31.5 Å². The smallest absolute Gasteiger partial charge is 0.289 e. The Morgan fingerprint density at radius 3 is 2.29 bits per heavy atom. The summed E-state index contributed by atoms with van der Waals surface area (Å²) in [7, 11) is -2.58. The van der Waals surface area contributed by atoms with E-state index in [0.717, 1.165) is 5.56 Å². The molecule has 1 aliphatic heterocycles. The van der Waals surface area contributed by atoms with Gasteiger partial charge in [-0.25, -0.2) is 4.68 Å². The number of aromatic nitrogens is 2. The number of hydrogen-bond donors (Lipinski definition) is 2. The van der Waals surface area contributed by atoms with E-state index >= 15 is 0 Å². The Bertz CT molecular complexity index is 1660. The molecule has 0 saturated carbocycles.